The summed E-state index contributed by atoms with van der Waals surface area (Å²) in [5.74, 6) is 1.03. The minimum atomic E-state index is -0.0560. The van der Waals surface area contributed by atoms with Gasteiger partial charge in [0.25, 0.3) is 0 Å². The van der Waals surface area contributed by atoms with Gasteiger partial charge in [-0.05, 0) is 31.4 Å². The van der Waals surface area contributed by atoms with Gasteiger partial charge in [0.2, 0.25) is 0 Å². The van der Waals surface area contributed by atoms with Crippen LogP contribution in [-0.4, -0.2) is 12.9 Å². The number of benzene rings is 2. The van der Waals surface area contributed by atoms with E-state index in [1.807, 2.05) is 18.2 Å². The van der Waals surface area contributed by atoms with Gasteiger partial charge in [-0.15, -0.1) is 0 Å². The summed E-state index contributed by atoms with van der Waals surface area (Å²) >= 11 is 0. The lowest BCUT2D eigenvalue weighted by atomic mass is 9.79. The van der Waals surface area contributed by atoms with Gasteiger partial charge < -0.3 is 4.74 Å². The van der Waals surface area contributed by atoms with Crippen LogP contribution in [0.1, 0.15) is 41.9 Å². The highest BCUT2D eigenvalue weighted by atomic mass is 16.5. The van der Waals surface area contributed by atoms with Gasteiger partial charge in [-0.3, -0.25) is 4.79 Å². The number of ketones is 1. The van der Waals surface area contributed by atoms with Crippen molar-refractivity contribution in [3.05, 3.63) is 76.9 Å². The van der Waals surface area contributed by atoms with Crippen molar-refractivity contribution in [2.45, 2.75) is 32.1 Å². The summed E-state index contributed by atoms with van der Waals surface area (Å²) in [4.78, 5) is 12.5. The van der Waals surface area contributed by atoms with Gasteiger partial charge in [-0.25, -0.2) is 0 Å². The smallest absolute Gasteiger partial charge is 0.159 e. The molecule has 1 atom stereocenters. The van der Waals surface area contributed by atoms with E-state index < -0.39 is 0 Å². The van der Waals surface area contributed by atoms with Crippen LogP contribution in [-0.2, 0) is 4.79 Å². The fraction of sp³-hybridized carbons (Fsp3) is 0.286. The van der Waals surface area contributed by atoms with E-state index in [0.29, 0.717) is 6.42 Å². The normalized spacial score (nSPS) is 15.9. The van der Waals surface area contributed by atoms with Gasteiger partial charge in [0.05, 0.1) is 7.11 Å². The molecule has 0 saturated carbocycles. The van der Waals surface area contributed by atoms with Crippen molar-refractivity contribution in [3.8, 4) is 5.75 Å². The fourth-order valence-corrected chi connectivity index (χ4v) is 3.25. The molecule has 0 saturated heterocycles. The van der Waals surface area contributed by atoms with E-state index in [1.54, 1.807) is 7.11 Å². The summed E-state index contributed by atoms with van der Waals surface area (Å²) in [6.45, 7) is 2.08. The molecule has 0 radical (unpaired) electrons. The molecule has 0 N–H and O–H groups in total. The van der Waals surface area contributed by atoms with Gasteiger partial charge >= 0.3 is 0 Å². The first kappa shape index (κ1) is 15.5. The molecule has 0 fully saturated rings. The molecule has 118 valence electrons. The minimum Gasteiger partial charge on any atom is -0.496 e. The molecular formula is C21H22O2. The quantitative estimate of drug-likeness (QED) is 0.810. The molecule has 3 rings (SSSR count). The molecule has 2 aromatic rings. The van der Waals surface area contributed by atoms with Gasteiger partial charge in [0.1, 0.15) is 5.75 Å². The molecule has 0 bridgehead atoms. The van der Waals surface area contributed by atoms with Crippen LogP contribution >= 0.6 is 0 Å². The molecule has 0 aromatic heterocycles. The Morgan fingerprint density at radius 1 is 1.04 bits per heavy atom. The first-order valence-electron chi connectivity index (χ1n) is 8.13. The molecule has 2 heteroatoms. The largest absolute Gasteiger partial charge is 0.496 e. The number of para-hydroxylation sites is 1. The molecule has 0 amide bonds. The van der Waals surface area contributed by atoms with Crippen molar-refractivity contribution < 1.29 is 9.53 Å². The number of carbonyl (C=O) groups excluding carboxylic acids is 1. The molecule has 0 spiro atoms. The van der Waals surface area contributed by atoms with Crippen LogP contribution in [0.2, 0.25) is 0 Å². The van der Waals surface area contributed by atoms with E-state index in [1.165, 1.54) is 5.56 Å². The van der Waals surface area contributed by atoms with Gasteiger partial charge in [-0.2, -0.15) is 0 Å². The van der Waals surface area contributed by atoms with Crippen molar-refractivity contribution >= 4 is 5.78 Å². The van der Waals surface area contributed by atoms with Crippen molar-refractivity contribution in [2.75, 3.05) is 7.11 Å². The highest BCUT2D eigenvalue weighted by Gasteiger charge is 2.27. The molecule has 1 aliphatic rings. The van der Waals surface area contributed by atoms with Crippen molar-refractivity contribution in [1.29, 1.82) is 0 Å². The first-order valence-corrected chi connectivity index (χ1v) is 8.13. The van der Waals surface area contributed by atoms with Crippen molar-refractivity contribution in [2.24, 2.45) is 0 Å². The average molecular weight is 306 g/mol. The van der Waals surface area contributed by atoms with Crippen LogP contribution in [0.5, 0.6) is 5.75 Å². The second kappa shape index (κ2) is 6.82. The summed E-state index contributed by atoms with van der Waals surface area (Å²) < 4.78 is 5.56. The third kappa shape index (κ3) is 3.21. The Labute approximate surface area is 137 Å². The van der Waals surface area contributed by atoms with Crippen LogP contribution in [0.25, 0.3) is 0 Å². The zero-order valence-electron chi connectivity index (χ0n) is 13.7. The van der Waals surface area contributed by atoms with Crippen molar-refractivity contribution in [3.63, 3.8) is 0 Å². The average Bonchev–Trinajstić information content (AvgIpc) is 2.59. The Balaban J connectivity index is 2.15. The highest BCUT2D eigenvalue weighted by molar-refractivity contribution is 5.98. The summed E-state index contributed by atoms with van der Waals surface area (Å²) in [5, 5.41) is 0. The van der Waals surface area contributed by atoms with Crippen LogP contribution in [0, 0.1) is 6.92 Å². The maximum absolute atomic E-state index is 12.5. The first-order chi connectivity index (χ1) is 11.2. The Bertz CT molecular complexity index is 726. The number of allylic oxidation sites excluding steroid dienone is 2. The van der Waals surface area contributed by atoms with E-state index >= 15 is 0 Å². The number of hydrogen-bond acceptors (Lipinski definition) is 2. The third-order valence-electron chi connectivity index (χ3n) is 4.47. The van der Waals surface area contributed by atoms with Gasteiger partial charge in [0.15, 0.2) is 5.78 Å². The Morgan fingerprint density at radius 2 is 1.78 bits per heavy atom. The summed E-state index contributed by atoms with van der Waals surface area (Å²) in [6.07, 6.45) is 4.68. The third-order valence-corrected chi connectivity index (χ3v) is 4.47. The second-order valence-corrected chi connectivity index (χ2v) is 6.06. The Kier molecular flexibility index (Phi) is 4.61. The monoisotopic (exact) mass is 306 g/mol. The number of aryl methyl sites for hydroxylation is 1. The van der Waals surface area contributed by atoms with Gasteiger partial charge in [0, 0.05) is 23.5 Å². The highest BCUT2D eigenvalue weighted by Crippen LogP contribution is 2.39. The maximum Gasteiger partial charge on any atom is 0.159 e. The summed E-state index contributed by atoms with van der Waals surface area (Å²) in [7, 11) is 1.68. The van der Waals surface area contributed by atoms with Crippen LogP contribution < -0.4 is 4.74 Å². The predicted molar refractivity (Wildman–Crippen MR) is 93.0 cm³/mol. The minimum absolute atomic E-state index is 0.0560. The second-order valence-electron chi connectivity index (χ2n) is 6.06. The lowest BCUT2D eigenvalue weighted by Crippen LogP contribution is -2.16. The van der Waals surface area contributed by atoms with E-state index in [4.69, 9.17) is 4.74 Å². The Hall–Kier alpha value is -2.35. The summed E-state index contributed by atoms with van der Waals surface area (Å²) in [6, 6.07) is 16.4. The van der Waals surface area contributed by atoms with Crippen molar-refractivity contribution in [1.82, 2.24) is 0 Å². The van der Waals surface area contributed by atoms with Crippen LogP contribution in [0.15, 0.2) is 60.2 Å². The molecule has 1 unspecified atom stereocenters. The fourth-order valence-electron chi connectivity index (χ4n) is 3.25. The molecule has 0 aliphatic heterocycles. The molecule has 2 nitrogen and oxygen atoms in total. The zero-order chi connectivity index (χ0) is 16.2. The molecular weight excluding hydrogens is 284 g/mol. The number of carbonyl (C=O) groups is 1. The molecule has 0 heterocycles. The topological polar surface area (TPSA) is 26.3 Å². The van der Waals surface area contributed by atoms with E-state index in [2.05, 4.69) is 43.3 Å². The molecule has 23 heavy (non-hydrogen) atoms. The number of Topliss-reactive ketones (excluding diaryl/α,β-unsaturated/α-hetero) is 1. The van der Waals surface area contributed by atoms with E-state index in [0.717, 1.165) is 35.3 Å². The van der Waals surface area contributed by atoms with E-state index in [9.17, 15) is 4.79 Å². The lowest BCUT2D eigenvalue weighted by Gasteiger charge is -2.25. The van der Waals surface area contributed by atoms with Crippen LogP contribution in [0.3, 0.4) is 0 Å². The Morgan fingerprint density at radius 3 is 2.48 bits per heavy atom. The number of hydrogen-bond donors (Lipinski definition) is 0. The number of rotatable bonds is 4. The van der Waals surface area contributed by atoms with E-state index in [-0.39, 0.29) is 11.7 Å². The maximum atomic E-state index is 12.5. The van der Waals surface area contributed by atoms with Crippen LogP contribution in [0.4, 0.5) is 0 Å². The molecule has 2 aromatic carbocycles. The predicted octanol–water partition coefficient (Wildman–Crippen LogP) is 4.81. The number of ether oxygens (including phenoxy) is 1. The lowest BCUT2D eigenvalue weighted by molar-refractivity contribution is -0.116. The summed E-state index contributed by atoms with van der Waals surface area (Å²) in [5.41, 5.74) is 4.32. The standard InChI is InChI=1S/C21H22O2/c1-15-11-13-16(14-12-15)21(17-7-3-5-9-19(17)22)18-8-4-6-10-20(18)23-2/h4,6-8,10-14,21H,3,5,9H2,1-2H3. The number of methoxy groups -OCH3 is 1. The zero-order valence-corrected chi connectivity index (χ0v) is 13.7. The molecule has 1 aliphatic carbocycles. The van der Waals surface area contributed by atoms with Gasteiger partial charge in [-0.1, -0.05) is 54.1 Å². The SMILES string of the molecule is COc1ccccc1C(C1=CCCCC1=O)c1ccc(C)cc1.